The van der Waals surface area contributed by atoms with E-state index >= 15 is 0 Å². The van der Waals surface area contributed by atoms with Crippen LogP contribution in [-0.4, -0.2) is 35.9 Å². The van der Waals surface area contributed by atoms with Gasteiger partial charge in [0.05, 0.1) is 18.0 Å². The SMILES string of the molecule is CN1C=C(O)OB(c2ccc(OC3COc4c3cccc4C(F)(F)F)cc2)O/C(O)=C\1. The third-order valence-electron chi connectivity index (χ3n) is 4.59. The Balaban J connectivity index is 1.50. The maximum absolute atomic E-state index is 13.2. The summed E-state index contributed by atoms with van der Waals surface area (Å²) in [6, 6.07) is 10.1. The second-order valence-electron chi connectivity index (χ2n) is 6.88. The van der Waals surface area contributed by atoms with Crippen LogP contribution >= 0.6 is 0 Å². The summed E-state index contributed by atoms with van der Waals surface area (Å²) in [6.45, 7) is -0.0517. The van der Waals surface area contributed by atoms with Crippen LogP contribution in [0.3, 0.4) is 0 Å². The molecule has 2 aliphatic heterocycles. The number of benzene rings is 2. The van der Waals surface area contributed by atoms with E-state index in [1.165, 1.54) is 29.4 Å². The van der Waals surface area contributed by atoms with E-state index in [2.05, 4.69) is 0 Å². The molecule has 2 aromatic rings. The van der Waals surface area contributed by atoms with Crippen LogP contribution in [0.1, 0.15) is 17.2 Å². The predicted molar refractivity (Wildman–Crippen MR) is 103 cm³/mol. The Labute approximate surface area is 175 Å². The Hall–Kier alpha value is -3.63. The van der Waals surface area contributed by atoms with Crippen LogP contribution in [0.4, 0.5) is 13.2 Å². The minimum Gasteiger partial charge on any atom is -0.494 e. The van der Waals surface area contributed by atoms with Gasteiger partial charge in [-0.2, -0.15) is 13.2 Å². The lowest BCUT2D eigenvalue weighted by molar-refractivity contribution is -0.138. The van der Waals surface area contributed by atoms with Crippen molar-refractivity contribution in [2.75, 3.05) is 13.7 Å². The number of hydrogen-bond acceptors (Lipinski definition) is 7. The summed E-state index contributed by atoms with van der Waals surface area (Å²) in [5.41, 5.74) is -0.0598. The van der Waals surface area contributed by atoms with E-state index in [-0.39, 0.29) is 12.4 Å². The maximum atomic E-state index is 13.2. The van der Waals surface area contributed by atoms with Gasteiger partial charge in [0.1, 0.15) is 18.1 Å². The normalized spacial score (nSPS) is 20.2. The molecular formula is C20H17BF3NO6. The molecule has 0 fully saturated rings. The molecule has 2 N–H and O–H groups in total. The van der Waals surface area contributed by atoms with Gasteiger partial charge < -0.3 is 33.9 Å². The highest BCUT2D eigenvalue weighted by molar-refractivity contribution is 6.61. The number of para-hydroxylation sites is 1. The number of alkyl halides is 3. The Bertz CT molecular complexity index is 1000. The molecule has 4 rings (SSSR count). The van der Waals surface area contributed by atoms with Crippen LogP contribution < -0.4 is 14.9 Å². The smallest absolute Gasteiger partial charge is 0.494 e. The summed E-state index contributed by atoms with van der Waals surface area (Å²) in [7, 11) is 0.439. The van der Waals surface area contributed by atoms with Gasteiger partial charge in [-0.15, -0.1) is 0 Å². The molecule has 162 valence electrons. The summed E-state index contributed by atoms with van der Waals surface area (Å²) in [5, 5.41) is 19.6. The van der Waals surface area contributed by atoms with Gasteiger partial charge in [0.15, 0.2) is 6.10 Å². The second-order valence-corrected chi connectivity index (χ2v) is 6.88. The summed E-state index contributed by atoms with van der Waals surface area (Å²) < 4.78 is 61.1. The van der Waals surface area contributed by atoms with E-state index < -0.39 is 36.9 Å². The van der Waals surface area contributed by atoms with Crippen LogP contribution in [0.2, 0.25) is 0 Å². The first kappa shape index (κ1) is 20.6. The van der Waals surface area contributed by atoms with Gasteiger partial charge in [-0.3, -0.25) is 0 Å². The standard InChI is InChI=1S/C20H17BF3NO6/c1-25-9-17(26)30-21(31-18(27)10-25)12-5-7-13(8-6-12)29-16-11-28-19-14(16)3-2-4-15(19)20(22,23)24/h2-10,16,26-27H,11H2,1H3/b17-9-,18-10?. The molecule has 0 radical (unpaired) electrons. The summed E-state index contributed by atoms with van der Waals surface area (Å²) in [6.07, 6.45) is -2.73. The third kappa shape index (κ3) is 4.45. The van der Waals surface area contributed by atoms with Crippen molar-refractivity contribution in [1.29, 1.82) is 0 Å². The quantitative estimate of drug-likeness (QED) is 0.714. The van der Waals surface area contributed by atoms with Crippen molar-refractivity contribution in [3.63, 3.8) is 0 Å². The summed E-state index contributed by atoms with van der Waals surface area (Å²) >= 11 is 0. The lowest BCUT2D eigenvalue weighted by atomic mass is 9.79. The van der Waals surface area contributed by atoms with Gasteiger partial charge in [0, 0.05) is 18.1 Å². The fraction of sp³-hybridized carbons (Fsp3) is 0.200. The fourth-order valence-electron chi connectivity index (χ4n) is 3.23. The molecule has 7 nitrogen and oxygen atoms in total. The van der Waals surface area contributed by atoms with Crippen molar-refractivity contribution >= 4 is 12.6 Å². The molecule has 0 aromatic heterocycles. The molecule has 1 unspecified atom stereocenters. The highest BCUT2D eigenvalue weighted by Crippen LogP contribution is 2.44. The van der Waals surface area contributed by atoms with Gasteiger partial charge in [-0.1, -0.05) is 24.3 Å². The molecule has 0 amide bonds. The Morgan fingerprint density at radius 1 is 1.03 bits per heavy atom. The zero-order chi connectivity index (χ0) is 22.2. The van der Waals surface area contributed by atoms with E-state index in [1.807, 2.05) is 0 Å². The van der Waals surface area contributed by atoms with Gasteiger partial charge in [-0.25, -0.2) is 0 Å². The van der Waals surface area contributed by atoms with Gasteiger partial charge in [0.2, 0.25) is 0 Å². The predicted octanol–water partition coefficient (Wildman–Crippen LogP) is 3.61. The molecule has 11 heteroatoms. The molecule has 0 bridgehead atoms. The Kier molecular flexibility index (Phi) is 5.26. The molecule has 31 heavy (non-hydrogen) atoms. The summed E-state index contributed by atoms with van der Waals surface area (Å²) in [5.74, 6) is -0.677. The van der Waals surface area contributed by atoms with E-state index in [9.17, 15) is 23.4 Å². The monoisotopic (exact) mass is 435 g/mol. The fourth-order valence-corrected chi connectivity index (χ4v) is 3.23. The number of aliphatic hydroxyl groups is 2. The van der Waals surface area contributed by atoms with E-state index in [0.717, 1.165) is 6.07 Å². The lowest BCUT2D eigenvalue weighted by Gasteiger charge is -2.20. The highest BCUT2D eigenvalue weighted by Gasteiger charge is 2.39. The topological polar surface area (TPSA) is 80.6 Å². The molecular weight excluding hydrogens is 418 g/mol. The Morgan fingerprint density at radius 3 is 2.29 bits per heavy atom. The van der Waals surface area contributed by atoms with Crippen molar-refractivity contribution in [3.8, 4) is 11.5 Å². The van der Waals surface area contributed by atoms with Gasteiger partial charge in [-0.05, 0) is 18.2 Å². The van der Waals surface area contributed by atoms with Crippen molar-refractivity contribution in [2.45, 2.75) is 12.3 Å². The highest BCUT2D eigenvalue weighted by atomic mass is 19.4. The maximum Gasteiger partial charge on any atom is 0.636 e. The van der Waals surface area contributed by atoms with E-state index in [4.69, 9.17) is 18.8 Å². The first-order chi connectivity index (χ1) is 14.7. The molecule has 0 spiro atoms. The second kappa shape index (κ2) is 7.90. The van der Waals surface area contributed by atoms with Crippen LogP contribution in [0.5, 0.6) is 11.5 Å². The third-order valence-corrected chi connectivity index (χ3v) is 4.59. The first-order valence-electron chi connectivity index (χ1n) is 9.17. The van der Waals surface area contributed by atoms with Crippen LogP contribution in [0.15, 0.2) is 66.8 Å². The molecule has 0 saturated carbocycles. The zero-order valence-corrected chi connectivity index (χ0v) is 16.2. The molecule has 0 saturated heterocycles. The first-order valence-corrected chi connectivity index (χ1v) is 9.17. The minimum absolute atomic E-state index is 0.0517. The largest absolute Gasteiger partial charge is 0.636 e. The number of fused-ring (bicyclic) bond motifs is 1. The van der Waals surface area contributed by atoms with Gasteiger partial charge in [0.25, 0.3) is 11.9 Å². The van der Waals surface area contributed by atoms with E-state index in [1.54, 1.807) is 31.3 Å². The van der Waals surface area contributed by atoms with Crippen molar-refractivity contribution in [1.82, 2.24) is 4.90 Å². The number of hydrogen-bond donors (Lipinski definition) is 2. The number of aliphatic hydroxyl groups excluding tert-OH is 2. The van der Waals surface area contributed by atoms with E-state index in [0.29, 0.717) is 16.8 Å². The van der Waals surface area contributed by atoms with Crippen LogP contribution in [-0.2, 0) is 15.5 Å². The van der Waals surface area contributed by atoms with Crippen molar-refractivity contribution < 1.29 is 42.2 Å². The lowest BCUT2D eigenvalue weighted by Crippen LogP contribution is -2.37. The molecule has 2 aromatic carbocycles. The number of rotatable bonds is 3. The number of nitrogens with zero attached hydrogens (tertiary/aromatic N) is 1. The van der Waals surface area contributed by atoms with Crippen molar-refractivity contribution in [2.24, 2.45) is 0 Å². The number of halogens is 3. The molecule has 0 aliphatic carbocycles. The number of ether oxygens (including phenoxy) is 2. The summed E-state index contributed by atoms with van der Waals surface area (Å²) in [4.78, 5) is 1.35. The van der Waals surface area contributed by atoms with Gasteiger partial charge >= 0.3 is 13.3 Å². The Morgan fingerprint density at radius 2 is 1.68 bits per heavy atom. The average molecular weight is 435 g/mol. The van der Waals surface area contributed by atoms with Crippen molar-refractivity contribution in [3.05, 3.63) is 77.9 Å². The van der Waals surface area contributed by atoms with Crippen LogP contribution in [0.25, 0.3) is 0 Å². The molecule has 2 heterocycles. The zero-order valence-electron chi connectivity index (χ0n) is 16.2. The molecule has 2 aliphatic rings. The molecule has 1 atom stereocenters. The average Bonchev–Trinajstić information content (AvgIpc) is 3.09. The van der Waals surface area contributed by atoms with Crippen LogP contribution in [0, 0.1) is 0 Å². The minimum atomic E-state index is -4.52.